The van der Waals surface area contributed by atoms with Crippen molar-refractivity contribution in [2.75, 3.05) is 24.5 Å². The van der Waals surface area contributed by atoms with Gasteiger partial charge in [0.25, 0.3) is 0 Å². The number of nitrogens with zero attached hydrogens (tertiary/aromatic N) is 1. The van der Waals surface area contributed by atoms with Crippen LogP contribution in [0.1, 0.15) is 31.0 Å². The molecule has 21 heavy (non-hydrogen) atoms. The Kier molecular flexibility index (Phi) is 5.82. The molecule has 0 aliphatic carbocycles. The lowest BCUT2D eigenvalue weighted by atomic mass is 10.1. The van der Waals surface area contributed by atoms with E-state index in [9.17, 15) is 0 Å². The third kappa shape index (κ3) is 4.08. The molecule has 0 heterocycles. The molecule has 2 nitrogen and oxygen atoms in total. The molecule has 0 fully saturated rings. The van der Waals surface area contributed by atoms with Gasteiger partial charge in [0.1, 0.15) is 0 Å². The summed E-state index contributed by atoms with van der Waals surface area (Å²) in [4.78, 5) is 2.45. The molecular formula is C19H26N2. The van der Waals surface area contributed by atoms with Crippen LogP contribution in [0.3, 0.4) is 0 Å². The lowest BCUT2D eigenvalue weighted by molar-refractivity contribution is 0.541. The van der Waals surface area contributed by atoms with Crippen molar-refractivity contribution in [3.63, 3.8) is 0 Å². The first kappa shape index (κ1) is 15.6. The fourth-order valence-corrected chi connectivity index (χ4v) is 2.76. The van der Waals surface area contributed by atoms with Crippen LogP contribution >= 0.6 is 0 Å². The molecule has 1 N–H and O–H groups in total. The number of nitrogens with one attached hydrogen (secondary N) is 1. The van der Waals surface area contributed by atoms with E-state index in [0.717, 1.165) is 19.6 Å². The zero-order chi connectivity index (χ0) is 15.1. The van der Waals surface area contributed by atoms with E-state index in [1.54, 1.807) is 0 Å². The van der Waals surface area contributed by atoms with E-state index in [1.165, 1.54) is 16.8 Å². The van der Waals surface area contributed by atoms with E-state index in [0.29, 0.717) is 6.04 Å². The van der Waals surface area contributed by atoms with Crippen LogP contribution in [0.4, 0.5) is 5.69 Å². The molecule has 112 valence electrons. The summed E-state index contributed by atoms with van der Waals surface area (Å²) in [6.45, 7) is 9.55. The average molecular weight is 282 g/mol. The van der Waals surface area contributed by atoms with Crippen LogP contribution in [0.25, 0.3) is 0 Å². The first-order valence-electron chi connectivity index (χ1n) is 7.85. The van der Waals surface area contributed by atoms with Crippen LogP contribution in [0.15, 0.2) is 54.6 Å². The molecule has 2 aromatic rings. The minimum atomic E-state index is 0.357. The molecular weight excluding hydrogens is 256 g/mol. The SMILES string of the molecule is CCNC(CN(CC)c1ccccc1C)c1ccccc1. The summed E-state index contributed by atoms with van der Waals surface area (Å²) in [6.07, 6.45) is 0. The average Bonchev–Trinajstić information content (AvgIpc) is 2.53. The predicted molar refractivity (Wildman–Crippen MR) is 91.9 cm³/mol. The highest BCUT2D eigenvalue weighted by Crippen LogP contribution is 2.22. The Bertz CT molecular complexity index is 536. The summed E-state index contributed by atoms with van der Waals surface area (Å²) in [5.41, 5.74) is 4.02. The van der Waals surface area contributed by atoms with Crippen molar-refractivity contribution >= 4 is 5.69 Å². The van der Waals surface area contributed by atoms with E-state index in [4.69, 9.17) is 0 Å². The fourth-order valence-electron chi connectivity index (χ4n) is 2.76. The number of benzene rings is 2. The number of hydrogen-bond donors (Lipinski definition) is 1. The maximum atomic E-state index is 3.61. The van der Waals surface area contributed by atoms with E-state index >= 15 is 0 Å². The molecule has 0 amide bonds. The number of likely N-dealkylation sites (N-methyl/N-ethyl adjacent to an activating group) is 2. The first-order valence-corrected chi connectivity index (χ1v) is 7.85. The molecule has 2 aromatic carbocycles. The van der Waals surface area contributed by atoms with E-state index < -0.39 is 0 Å². The molecule has 0 bridgehead atoms. The standard InChI is InChI=1S/C19H26N2/c1-4-20-18(17-12-7-6-8-13-17)15-21(5-2)19-14-10-9-11-16(19)3/h6-14,18,20H,4-5,15H2,1-3H3. The normalized spacial score (nSPS) is 12.1. The second-order valence-corrected chi connectivity index (χ2v) is 5.35. The maximum absolute atomic E-state index is 3.61. The number of hydrogen-bond acceptors (Lipinski definition) is 2. The van der Waals surface area contributed by atoms with E-state index in [2.05, 4.69) is 85.6 Å². The number of rotatable bonds is 7. The minimum Gasteiger partial charge on any atom is -0.370 e. The summed E-state index contributed by atoms with van der Waals surface area (Å²) >= 11 is 0. The lowest BCUT2D eigenvalue weighted by Gasteiger charge is -2.30. The minimum absolute atomic E-state index is 0.357. The highest BCUT2D eigenvalue weighted by atomic mass is 15.2. The van der Waals surface area contributed by atoms with Gasteiger partial charge in [-0.05, 0) is 37.6 Å². The Hall–Kier alpha value is -1.80. The Morgan fingerprint density at radius 2 is 1.62 bits per heavy atom. The van der Waals surface area contributed by atoms with Crippen molar-refractivity contribution in [2.24, 2.45) is 0 Å². The smallest absolute Gasteiger partial charge is 0.0498 e. The van der Waals surface area contributed by atoms with Gasteiger partial charge in [-0.3, -0.25) is 0 Å². The summed E-state index contributed by atoms with van der Waals surface area (Å²) in [5.74, 6) is 0. The molecule has 2 rings (SSSR count). The Morgan fingerprint density at radius 1 is 0.952 bits per heavy atom. The summed E-state index contributed by atoms with van der Waals surface area (Å²) in [5, 5.41) is 3.61. The van der Waals surface area contributed by atoms with Crippen molar-refractivity contribution in [3.05, 3.63) is 65.7 Å². The van der Waals surface area contributed by atoms with Crippen molar-refractivity contribution in [1.29, 1.82) is 0 Å². The Labute approximate surface area is 128 Å². The van der Waals surface area contributed by atoms with Gasteiger partial charge in [0.15, 0.2) is 0 Å². The summed E-state index contributed by atoms with van der Waals surface area (Å²) < 4.78 is 0. The summed E-state index contributed by atoms with van der Waals surface area (Å²) in [7, 11) is 0. The molecule has 1 atom stereocenters. The molecule has 1 unspecified atom stereocenters. The van der Waals surface area contributed by atoms with Gasteiger partial charge in [0.2, 0.25) is 0 Å². The predicted octanol–water partition coefficient (Wildman–Crippen LogP) is 4.17. The van der Waals surface area contributed by atoms with E-state index in [-0.39, 0.29) is 0 Å². The number of aryl methyl sites for hydroxylation is 1. The van der Waals surface area contributed by atoms with Gasteiger partial charge in [0.05, 0.1) is 0 Å². The van der Waals surface area contributed by atoms with Crippen molar-refractivity contribution in [3.8, 4) is 0 Å². The maximum Gasteiger partial charge on any atom is 0.0498 e. The van der Waals surface area contributed by atoms with Crippen LogP contribution in [0, 0.1) is 6.92 Å². The van der Waals surface area contributed by atoms with Gasteiger partial charge < -0.3 is 10.2 Å². The van der Waals surface area contributed by atoms with Gasteiger partial charge in [-0.1, -0.05) is 55.5 Å². The van der Waals surface area contributed by atoms with Crippen LogP contribution in [-0.4, -0.2) is 19.6 Å². The molecule has 0 saturated carbocycles. The zero-order valence-corrected chi connectivity index (χ0v) is 13.3. The molecule has 0 aliphatic heterocycles. The van der Waals surface area contributed by atoms with Crippen LogP contribution in [0.2, 0.25) is 0 Å². The quantitative estimate of drug-likeness (QED) is 0.820. The number of para-hydroxylation sites is 1. The van der Waals surface area contributed by atoms with Crippen molar-refractivity contribution < 1.29 is 0 Å². The van der Waals surface area contributed by atoms with Gasteiger partial charge >= 0.3 is 0 Å². The largest absolute Gasteiger partial charge is 0.370 e. The molecule has 0 aromatic heterocycles. The third-order valence-electron chi connectivity index (χ3n) is 3.89. The molecule has 2 heteroatoms. The second-order valence-electron chi connectivity index (χ2n) is 5.35. The van der Waals surface area contributed by atoms with Gasteiger partial charge in [0, 0.05) is 24.8 Å². The highest BCUT2D eigenvalue weighted by Gasteiger charge is 2.15. The van der Waals surface area contributed by atoms with Crippen LogP contribution < -0.4 is 10.2 Å². The Balaban J connectivity index is 2.20. The van der Waals surface area contributed by atoms with Gasteiger partial charge in [-0.15, -0.1) is 0 Å². The highest BCUT2D eigenvalue weighted by molar-refractivity contribution is 5.53. The second kappa shape index (κ2) is 7.84. The number of anilines is 1. The molecule has 0 radical (unpaired) electrons. The Morgan fingerprint density at radius 3 is 2.24 bits per heavy atom. The monoisotopic (exact) mass is 282 g/mol. The third-order valence-corrected chi connectivity index (χ3v) is 3.89. The van der Waals surface area contributed by atoms with Crippen LogP contribution in [0.5, 0.6) is 0 Å². The first-order chi connectivity index (χ1) is 10.3. The zero-order valence-electron chi connectivity index (χ0n) is 13.3. The van der Waals surface area contributed by atoms with Gasteiger partial charge in [-0.25, -0.2) is 0 Å². The van der Waals surface area contributed by atoms with Crippen molar-refractivity contribution in [2.45, 2.75) is 26.8 Å². The molecule has 0 aliphatic rings. The van der Waals surface area contributed by atoms with E-state index in [1.807, 2.05) is 0 Å². The lowest BCUT2D eigenvalue weighted by Crippen LogP contribution is -2.35. The fraction of sp³-hybridized carbons (Fsp3) is 0.368. The van der Waals surface area contributed by atoms with Crippen LogP contribution in [-0.2, 0) is 0 Å². The topological polar surface area (TPSA) is 15.3 Å². The van der Waals surface area contributed by atoms with Gasteiger partial charge in [-0.2, -0.15) is 0 Å². The van der Waals surface area contributed by atoms with Crippen molar-refractivity contribution in [1.82, 2.24) is 5.32 Å². The summed E-state index contributed by atoms with van der Waals surface area (Å²) in [6, 6.07) is 19.7. The molecule has 0 spiro atoms. The molecule has 0 saturated heterocycles.